The highest BCUT2D eigenvalue weighted by Gasteiger charge is 2.08. The topological polar surface area (TPSA) is 40.5 Å². The first-order valence-corrected chi connectivity index (χ1v) is 9.94. The molecular formula is C23H39O2. The third-order valence-electron chi connectivity index (χ3n) is 3.98. The summed E-state index contributed by atoms with van der Waals surface area (Å²) in [6, 6.07) is 0. The molecular weight excluding hydrogens is 308 g/mol. The van der Waals surface area contributed by atoms with E-state index in [-0.39, 0.29) is 6.61 Å². The maximum Gasteiger partial charge on any atom is 0.0805 e. The van der Waals surface area contributed by atoms with Gasteiger partial charge in [-0.3, -0.25) is 0 Å². The van der Waals surface area contributed by atoms with Crippen LogP contribution >= 0.6 is 0 Å². The number of rotatable bonds is 16. The van der Waals surface area contributed by atoms with E-state index < -0.39 is 6.10 Å². The normalized spacial score (nSPS) is 15.2. The van der Waals surface area contributed by atoms with Gasteiger partial charge in [0, 0.05) is 0 Å². The van der Waals surface area contributed by atoms with Gasteiger partial charge >= 0.3 is 0 Å². The average molecular weight is 348 g/mol. The van der Waals surface area contributed by atoms with Crippen LogP contribution in [-0.2, 0) is 0 Å². The van der Waals surface area contributed by atoms with Gasteiger partial charge in [0.25, 0.3) is 0 Å². The summed E-state index contributed by atoms with van der Waals surface area (Å²) in [6.45, 7) is 4.12. The predicted molar refractivity (Wildman–Crippen MR) is 110 cm³/mol. The van der Waals surface area contributed by atoms with E-state index in [9.17, 15) is 5.11 Å². The van der Waals surface area contributed by atoms with Gasteiger partial charge in [0.05, 0.1) is 12.7 Å². The van der Waals surface area contributed by atoms with Gasteiger partial charge in [-0.25, -0.2) is 0 Å². The van der Waals surface area contributed by atoms with Crippen molar-refractivity contribution in [2.45, 2.75) is 77.7 Å². The zero-order chi connectivity index (χ0) is 18.6. The zero-order valence-electron chi connectivity index (χ0n) is 16.3. The molecule has 0 aromatic heterocycles. The summed E-state index contributed by atoms with van der Waals surface area (Å²) in [4.78, 5) is 0. The van der Waals surface area contributed by atoms with Crippen LogP contribution in [0.3, 0.4) is 0 Å². The van der Waals surface area contributed by atoms with Crippen LogP contribution in [-0.4, -0.2) is 22.9 Å². The first-order chi connectivity index (χ1) is 12.2. The molecule has 2 heteroatoms. The first kappa shape index (κ1) is 23.9. The molecule has 0 fully saturated rings. The highest BCUT2D eigenvalue weighted by Crippen LogP contribution is 2.12. The summed E-state index contributed by atoms with van der Waals surface area (Å²) in [5.41, 5.74) is 0. The molecule has 0 saturated heterocycles. The Labute approximate surface area is 156 Å². The molecule has 0 spiro atoms. The van der Waals surface area contributed by atoms with Crippen molar-refractivity contribution in [3.63, 3.8) is 0 Å². The summed E-state index contributed by atoms with van der Waals surface area (Å²) in [6.07, 6.45) is 29.1. The number of aliphatic hydroxyl groups is 2. The van der Waals surface area contributed by atoms with E-state index in [0.29, 0.717) is 5.92 Å². The van der Waals surface area contributed by atoms with Crippen LogP contribution in [0.15, 0.2) is 48.6 Å². The lowest BCUT2D eigenvalue weighted by Crippen LogP contribution is -2.16. The Morgan fingerprint density at radius 3 is 1.80 bits per heavy atom. The van der Waals surface area contributed by atoms with E-state index in [2.05, 4.69) is 62.5 Å². The number of hydrogen-bond acceptors (Lipinski definition) is 2. The maximum atomic E-state index is 9.32. The van der Waals surface area contributed by atoms with Gasteiger partial charge in [-0.2, -0.15) is 0 Å². The summed E-state index contributed by atoms with van der Waals surface area (Å²) in [7, 11) is 0. The third-order valence-corrected chi connectivity index (χ3v) is 3.98. The van der Waals surface area contributed by atoms with E-state index in [4.69, 9.17) is 5.11 Å². The molecule has 0 aliphatic carbocycles. The highest BCUT2D eigenvalue weighted by atomic mass is 16.3. The minimum Gasteiger partial charge on any atom is -0.394 e. The molecule has 0 saturated carbocycles. The van der Waals surface area contributed by atoms with Crippen LogP contribution in [0.2, 0.25) is 0 Å². The van der Waals surface area contributed by atoms with Crippen LogP contribution in [0, 0.1) is 12.3 Å². The second-order valence-electron chi connectivity index (χ2n) is 6.59. The largest absolute Gasteiger partial charge is 0.394 e. The average Bonchev–Trinajstić information content (AvgIpc) is 2.61. The quantitative estimate of drug-likeness (QED) is 0.268. The molecule has 143 valence electrons. The first-order valence-electron chi connectivity index (χ1n) is 9.94. The van der Waals surface area contributed by atoms with Crippen molar-refractivity contribution < 1.29 is 10.2 Å². The monoisotopic (exact) mass is 347 g/mol. The minimum absolute atomic E-state index is 0.186. The van der Waals surface area contributed by atoms with Crippen molar-refractivity contribution in [3.05, 3.63) is 55.0 Å². The molecule has 0 aliphatic rings. The van der Waals surface area contributed by atoms with E-state index in [1.165, 1.54) is 25.7 Å². The Kier molecular flexibility index (Phi) is 18.3. The molecule has 0 aliphatic heterocycles. The lowest BCUT2D eigenvalue weighted by Gasteiger charge is -2.12. The molecule has 0 bridgehead atoms. The maximum absolute atomic E-state index is 9.32. The fraction of sp³-hybridized carbons (Fsp3) is 0.609. The van der Waals surface area contributed by atoms with Crippen LogP contribution in [0.5, 0.6) is 0 Å². The molecule has 0 aromatic rings. The Balaban J connectivity index is 3.51. The van der Waals surface area contributed by atoms with E-state index >= 15 is 0 Å². The van der Waals surface area contributed by atoms with Crippen molar-refractivity contribution in [1.82, 2.24) is 0 Å². The smallest absolute Gasteiger partial charge is 0.0805 e. The molecule has 0 rings (SSSR count). The van der Waals surface area contributed by atoms with Gasteiger partial charge < -0.3 is 10.2 Å². The van der Waals surface area contributed by atoms with Gasteiger partial charge in [-0.05, 0) is 57.3 Å². The standard InChI is InChI=1S/C23H39O2/c1-3-4-5-6-7-8-9-10-11-12-13-14-15-16-17-18-19-22(2)20-23(25)21-24/h7-8,10-11,13-14,16-17,20,22-25H,3-6,9,12,15,18-19,21H2,1-2H3/b8-7-,11-10-,14-13-,17-16-. The highest BCUT2D eigenvalue weighted by molar-refractivity contribution is 4.99. The summed E-state index contributed by atoms with van der Waals surface area (Å²) in [5, 5.41) is 18.1. The zero-order valence-corrected chi connectivity index (χ0v) is 16.3. The van der Waals surface area contributed by atoms with Crippen LogP contribution in [0.1, 0.15) is 71.6 Å². The van der Waals surface area contributed by atoms with Crippen molar-refractivity contribution in [2.75, 3.05) is 6.61 Å². The Bertz CT molecular complexity index is 380. The summed E-state index contributed by atoms with van der Waals surface area (Å²) >= 11 is 0. The van der Waals surface area contributed by atoms with Crippen molar-refractivity contribution in [3.8, 4) is 0 Å². The molecule has 2 N–H and O–H groups in total. The lowest BCUT2D eigenvalue weighted by molar-refractivity contribution is 0.110. The van der Waals surface area contributed by atoms with Crippen LogP contribution in [0.4, 0.5) is 0 Å². The Hall–Kier alpha value is -1.12. The number of aliphatic hydroxyl groups excluding tert-OH is 2. The third kappa shape index (κ3) is 19.1. The number of allylic oxidation sites excluding steroid dienone is 8. The minimum atomic E-state index is -0.688. The summed E-state index contributed by atoms with van der Waals surface area (Å²) in [5.74, 6) is 0.327. The lowest BCUT2D eigenvalue weighted by atomic mass is 9.98. The predicted octanol–water partition coefficient (Wildman–Crippen LogP) is 5.94. The molecule has 0 heterocycles. The molecule has 2 unspecified atom stereocenters. The molecule has 2 nitrogen and oxygen atoms in total. The van der Waals surface area contributed by atoms with Crippen molar-refractivity contribution in [2.24, 2.45) is 5.92 Å². The fourth-order valence-electron chi connectivity index (χ4n) is 2.46. The second-order valence-corrected chi connectivity index (χ2v) is 6.59. The molecule has 2 atom stereocenters. The number of unbranched alkanes of at least 4 members (excludes halogenated alkanes) is 3. The van der Waals surface area contributed by atoms with E-state index in [1.54, 1.807) is 6.42 Å². The van der Waals surface area contributed by atoms with Crippen molar-refractivity contribution >= 4 is 0 Å². The molecule has 0 amide bonds. The Morgan fingerprint density at radius 2 is 1.28 bits per heavy atom. The number of hydrogen-bond donors (Lipinski definition) is 2. The van der Waals surface area contributed by atoms with E-state index in [0.717, 1.165) is 32.1 Å². The van der Waals surface area contributed by atoms with Crippen LogP contribution in [0.25, 0.3) is 0 Å². The summed E-state index contributed by atoms with van der Waals surface area (Å²) < 4.78 is 0. The van der Waals surface area contributed by atoms with Gasteiger partial charge in [-0.1, -0.05) is 75.3 Å². The van der Waals surface area contributed by atoms with Gasteiger partial charge in [0.1, 0.15) is 0 Å². The Morgan fingerprint density at radius 1 is 0.760 bits per heavy atom. The molecule has 0 aromatic carbocycles. The molecule has 25 heavy (non-hydrogen) atoms. The van der Waals surface area contributed by atoms with Gasteiger partial charge in [0.15, 0.2) is 0 Å². The molecule has 1 radical (unpaired) electrons. The fourth-order valence-corrected chi connectivity index (χ4v) is 2.46. The van der Waals surface area contributed by atoms with Gasteiger partial charge in [0.2, 0.25) is 0 Å². The second kappa shape index (κ2) is 19.2. The van der Waals surface area contributed by atoms with Crippen LogP contribution < -0.4 is 0 Å². The van der Waals surface area contributed by atoms with Gasteiger partial charge in [-0.15, -0.1) is 0 Å². The van der Waals surface area contributed by atoms with E-state index in [1.807, 2.05) is 0 Å². The SMILES string of the molecule is CCCCC/C=C\C/C=C\C/C=C\C/C=C\CCC(C)[CH]C(O)CO. The van der Waals surface area contributed by atoms with Crippen molar-refractivity contribution in [1.29, 1.82) is 0 Å².